The third kappa shape index (κ3) is 4.96. The van der Waals surface area contributed by atoms with Gasteiger partial charge in [0.15, 0.2) is 0 Å². The van der Waals surface area contributed by atoms with E-state index in [0.717, 1.165) is 24.8 Å². The molecule has 1 fully saturated rings. The van der Waals surface area contributed by atoms with Crippen LogP contribution in [0.1, 0.15) is 65.0 Å². The van der Waals surface area contributed by atoms with E-state index >= 15 is 0 Å². The number of ether oxygens (including phenoxy) is 1. The largest absolute Gasteiger partial charge is 0.444 e. The zero-order valence-electron chi connectivity index (χ0n) is 14.7. The summed E-state index contributed by atoms with van der Waals surface area (Å²) in [5.41, 5.74) is 0.395. The second-order valence-electron chi connectivity index (χ2n) is 7.48. The lowest BCUT2D eigenvalue weighted by molar-refractivity contribution is -0.0112. The van der Waals surface area contributed by atoms with E-state index in [1.807, 2.05) is 56.0 Å². The Labute approximate surface area is 139 Å². The highest BCUT2D eigenvalue weighted by molar-refractivity contribution is 5.69. The smallest absolute Gasteiger partial charge is 0.410 e. The molecule has 0 bridgehead atoms. The van der Waals surface area contributed by atoms with Crippen molar-refractivity contribution in [2.45, 2.75) is 77.2 Å². The summed E-state index contributed by atoms with van der Waals surface area (Å²) >= 11 is 0. The van der Waals surface area contributed by atoms with Gasteiger partial charge in [0.05, 0.1) is 6.10 Å². The number of benzene rings is 1. The van der Waals surface area contributed by atoms with Gasteiger partial charge >= 0.3 is 6.09 Å². The van der Waals surface area contributed by atoms with Gasteiger partial charge in [0.2, 0.25) is 0 Å². The van der Waals surface area contributed by atoms with Gasteiger partial charge in [0.1, 0.15) is 5.60 Å². The summed E-state index contributed by atoms with van der Waals surface area (Å²) < 4.78 is 5.57. The first-order valence-electron chi connectivity index (χ1n) is 8.52. The molecule has 0 saturated carbocycles. The molecule has 1 saturated heterocycles. The van der Waals surface area contributed by atoms with Gasteiger partial charge in [-0.15, -0.1) is 0 Å². The fraction of sp³-hybridized carbons (Fsp3) is 0.632. The molecule has 1 aliphatic rings. The Hall–Kier alpha value is -1.55. The highest BCUT2D eigenvalue weighted by atomic mass is 16.6. The maximum absolute atomic E-state index is 12.6. The number of piperidine rings is 1. The molecule has 1 aromatic carbocycles. The number of nitrogens with zero attached hydrogens (tertiary/aromatic N) is 1. The average molecular weight is 319 g/mol. The van der Waals surface area contributed by atoms with Crippen LogP contribution in [0.5, 0.6) is 0 Å². The molecular weight excluding hydrogens is 290 g/mol. The van der Waals surface area contributed by atoms with E-state index in [1.54, 1.807) is 0 Å². The first-order valence-corrected chi connectivity index (χ1v) is 8.52. The molecule has 1 amide bonds. The van der Waals surface area contributed by atoms with Gasteiger partial charge in [-0.2, -0.15) is 0 Å². The molecule has 1 heterocycles. The van der Waals surface area contributed by atoms with E-state index in [4.69, 9.17) is 4.74 Å². The molecule has 1 N–H and O–H groups in total. The van der Waals surface area contributed by atoms with Crippen LogP contribution in [0.15, 0.2) is 30.3 Å². The van der Waals surface area contributed by atoms with Crippen molar-refractivity contribution in [1.29, 1.82) is 0 Å². The zero-order valence-corrected chi connectivity index (χ0v) is 14.7. The Bertz CT molecular complexity index is 509. The summed E-state index contributed by atoms with van der Waals surface area (Å²) in [6.07, 6.45) is 2.69. The van der Waals surface area contributed by atoms with Gasteiger partial charge in [0.25, 0.3) is 0 Å². The number of amides is 1. The molecule has 128 valence electrons. The van der Waals surface area contributed by atoms with Crippen LogP contribution < -0.4 is 0 Å². The van der Waals surface area contributed by atoms with Crippen molar-refractivity contribution in [3.63, 3.8) is 0 Å². The number of hydrogen-bond acceptors (Lipinski definition) is 3. The lowest BCUT2D eigenvalue weighted by Gasteiger charge is -2.41. The lowest BCUT2D eigenvalue weighted by Crippen LogP contribution is -2.51. The van der Waals surface area contributed by atoms with Crippen LogP contribution in [-0.2, 0) is 4.74 Å². The molecule has 0 aromatic heterocycles. The lowest BCUT2D eigenvalue weighted by atomic mass is 9.91. The number of carbonyl (C=O) groups excluding carboxylic acids is 1. The third-order valence-corrected chi connectivity index (χ3v) is 4.31. The predicted octanol–water partition coefficient (Wildman–Crippen LogP) is 4.29. The molecule has 1 aliphatic heterocycles. The molecule has 2 rings (SSSR count). The summed E-state index contributed by atoms with van der Waals surface area (Å²) in [5, 5.41) is 10.5. The summed E-state index contributed by atoms with van der Waals surface area (Å²) in [6, 6.07) is 9.80. The molecule has 23 heavy (non-hydrogen) atoms. The Morgan fingerprint density at radius 1 is 1.30 bits per heavy atom. The predicted molar refractivity (Wildman–Crippen MR) is 91.2 cm³/mol. The minimum Gasteiger partial charge on any atom is -0.444 e. The number of carbonyl (C=O) groups is 1. The SMILES string of the molecule is C[C@H]1CCC[C@H](C[C@H](O)c2ccccc2)N1C(=O)OC(C)(C)C. The Kier molecular flexibility index (Phi) is 5.69. The summed E-state index contributed by atoms with van der Waals surface area (Å²) in [5.74, 6) is 0. The first kappa shape index (κ1) is 17.8. The topological polar surface area (TPSA) is 49.8 Å². The van der Waals surface area contributed by atoms with E-state index in [9.17, 15) is 9.90 Å². The van der Waals surface area contributed by atoms with Crippen molar-refractivity contribution < 1.29 is 14.6 Å². The van der Waals surface area contributed by atoms with Gasteiger partial charge in [-0.1, -0.05) is 30.3 Å². The van der Waals surface area contributed by atoms with Crippen molar-refractivity contribution in [3.8, 4) is 0 Å². The first-order chi connectivity index (χ1) is 10.8. The summed E-state index contributed by atoms with van der Waals surface area (Å²) in [4.78, 5) is 14.4. The van der Waals surface area contributed by atoms with Crippen LogP contribution in [0.4, 0.5) is 4.79 Å². The van der Waals surface area contributed by atoms with E-state index in [2.05, 4.69) is 6.92 Å². The normalized spacial score (nSPS) is 23.4. The highest BCUT2D eigenvalue weighted by Crippen LogP contribution is 2.31. The van der Waals surface area contributed by atoms with Crippen molar-refractivity contribution in [2.75, 3.05) is 0 Å². The van der Waals surface area contributed by atoms with Gasteiger partial charge in [-0.3, -0.25) is 0 Å². The number of rotatable bonds is 3. The maximum atomic E-state index is 12.6. The van der Waals surface area contributed by atoms with Crippen LogP contribution in [0.2, 0.25) is 0 Å². The average Bonchev–Trinajstić information content (AvgIpc) is 2.46. The van der Waals surface area contributed by atoms with E-state index in [0.29, 0.717) is 6.42 Å². The molecule has 1 aromatic rings. The molecule has 0 spiro atoms. The van der Waals surface area contributed by atoms with Crippen LogP contribution in [0.3, 0.4) is 0 Å². The second kappa shape index (κ2) is 7.35. The Morgan fingerprint density at radius 2 is 1.96 bits per heavy atom. The third-order valence-electron chi connectivity index (χ3n) is 4.31. The van der Waals surface area contributed by atoms with Crippen molar-refractivity contribution in [2.24, 2.45) is 0 Å². The second-order valence-corrected chi connectivity index (χ2v) is 7.48. The minimum absolute atomic E-state index is 0.0174. The van der Waals surface area contributed by atoms with Crippen LogP contribution in [0, 0.1) is 0 Å². The molecular formula is C19H29NO3. The van der Waals surface area contributed by atoms with E-state index < -0.39 is 11.7 Å². The Balaban J connectivity index is 2.09. The van der Waals surface area contributed by atoms with Crippen molar-refractivity contribution >= 4 is 6.09 Å². The number of likely N-dealkylation sites (tertiary alicyclic amines) is 1. The van der Waals surface area contributed by atoms with Crippen LogP contribution >= 0.6 is 0 Å². The zero-order chi connectivity index (χ0) is 17.0. The molecule has 3 atom stereocenters. The standard InChI is InChI=1S/C19H29NO3/c1-14-9-8-12-16(20(14)18(22)23-19(2,3)4)13-17(21)15-10-6-5-7-11-15/h5-7,10-11,14,16-17,21H,8-9,12-13H2,1-4H3/t14-,16+,17-/m0/s1. The fourth-order valence-corrected chi connectivity index (χ4v) is 3.23. The number of hydrogen-bond donors (Lipinski definition) is 1. The molecule has 0 aliphatic carbocycles. The summed E-state index contributed by atoms with van der Waals surface area (Å²) in [6.45, 7) is 7.71. The highest BCUT2D eigenvalue weighted by Gasteiger charge is 2.35. The Morgan fingerprint density at radius 3 is 2.57 bits per heavy atom. The van der Waals surface area contributed by atoms with Crippen LogP contribution in [0.25, 0.3) is 0 Å². The van der Waals surface area contributed by atoms with E-state index in [1.165, 1.54) is 0 Å². The van der Waals surface area contributed by atoms with Gasteiger partial charge in [-0.05, 0) is 58.9 Å². The van der Waals surface area contributed by atoms with Gasteiger partial charge in [-0.25, -0.2) is 4.79 Å². The molecule has 0 radical (unpaired) electrons. The molecule has 4 nitrogen and oxygen atoms in total. The molecule has 4 heteroatoms. The summed E-state index contributed by atoms with van der Waals surface area (Å²) in [7, 11) is 0. The van der Waals surface area contributed by atoms with Crippen molar-refractivity contribution in [3.05, 3.63) is 35.9 Å². The number of aliphatic hydroxyl groups is 1. The quantitative estimate of drug-likeness (QED) is 0.904. The minimum atomic E-state index is -0.559. The number of aliphatic hydroxyl groups excluding tert-OH is 1. The van der Waals surface area contributed by atoms with Gasteiger partial charge in [0, 0.05) is 12.1 Å². The fourth-order valence-electron chi connectivity index (χ4n) is 3.23. The maximum Gasteiger partial charge on any atom is 0.410 e. The van der Waals surface area contributed by atoms with Gasteiger partial charge < -0.3 is 14.7 Å². The monoisotopic (exact) mass is 319 g/mol. The van der Waals surface area contributed by atoms with Crippen molar-refractivity contribution in [1.82, 2.24) is 4.90 Å². The van der Waals surface area contributed by atoms with E-state index in [-0.39, 0.29) is 18.2 Å². The molecule has 0 unspecified atom stereocenters. The van der Waals surface area contributed by atoms with Crippen LogP contribution in [-0.4, -0.2) is 33.8 Å².